The Bertz CT molecular complexity index is 288. The highest BCUT2D eigenvalue weighted by molar-refractivity contribution is 4.93. The van der Waals surface area contributed by atoms with Gasteiger partial charge in [0.2, 0.25) is 6.29 Å². The minimum atomic E-state index is -1.50. The van der Waals surface area contributed by atoms with E-state index in [-0.39, 0.29) is 0 Å². The van der Waals surface area contributed by atoms with Gasteiger partial charge >= 0.3 is 0 Å². The molecule has 1 saturated heterocycles. The molecule has 0 aromatic heterocycles. The highest BCUT2D eigenvalue weighted by atomic mass is 16.8. The minimum absolute atomic E-state index is 0.298. The van der Waals surface area contributed by atoms with Crippen molar-refractivity contribution in [1.82, 2.24) is 0 Å². The summed E-state index contributed by atoms with van der Waals surface area (Å²) in [6, 6.07) is 0. The SMILES string of the molecule is C#C[C@@H](OCC)O[C@@H]1O[C@H](CO)[C@@H](O)[C@H](O)[C@H]1O. The van der Waals surface area contributed by atoms with Crippen LogP contribution in [0.3, 0.4) is 0 Å². The molecule has 0 radical (unpaired) electrons. The lowest BCUT2D eigenvalue weighted by Gasteiger charge is -2.40. The fraction of sp³-hybridized carbons (Fsp3) is 0.818. The molecule has 0 spiro atoms. The van der Waals surface area contributed by atoms with E-state index in [0.29, 0.717) is 6.61 Å². The fourth-order valence-corrected chi connectivity index (χ4v) is 1.58. The van der Waals surface area contributed by atoms with E-state index < -0.39 is 43.6 Å². The van der Waals surface area contributed by atoms with E-state index in [1.807, 2.05) is 0 Å². The summed E-state index contributed by atoms with van der Waals surface area (Å²) in [7, 11) is 0. The topological polar surface area (TPSA) is 109 Å². The molecule has 0 unspecified atom stereocenters. The third kappa shape index (κ3) is 3.40. The maximum Gasteiger partial charge on any atom is 0.224 e. The summed E-state index contributed by atoms with van der Waals surface area (Å²) in [5.41, 5.74) is 0. The largest absolute Gasteiger partial charge is 0.394 e. The van der Waals surface area contributed by atoms with Crippen molar-refractivity contribution < 1.29 is 34.6 Å². The molecule has 7 heteroatoms. The van der Waals surface area contributed by atoms with Crippen molar-refractivity contribution in [2.24, 2.45) is 0 Å². The molecular formula is C11H18O7. The second-order valence-electron chi connectivity index (χ2n) is 3.79. The maximum atomic E-state index is 9.67. The van der Waals surface area contributed by atoms with E-state index in [4.69, 9.17) is 25.7 Å². The molecule has 1 rings (SSSR count). The van der Waals surface area contributed by atoms with Crippen molar-refractivity contribution in [2.75, 3.05) is 13.2 Å². The van der Waals surface area contributed by atoms with Gasteiger partial charge in [-0.05, 0) is 12.8 Å². The van der Waals surface area contributed by atoms with Gasteiger partial charge in [-0.1, -0.05) is 0 Å². The van der Waals surface area contributed by atoms with Crippen LogP contribution in [-0.4, -0.2) is 70.6 Å². The second-order valence-corrected chi connectivity index (χ2v) is 3.79. The van der Waals surface area contributed by atoms with Gasteiger partial charge in [0, 0.05) is 6.61 Å². The molecule has 1 heterocycles. The zero-order valence-corrected chi connectivity index (χ0v) is 9.97. The van der Waals surface area contributed by atoms with Gasteiger partial charge in [-0.3, -0.25) is 0 Å². The molecule has 1 aliphatic rings. The molecule has 0 aliphatic carbocycles. The normalized spacial score (nSPS) is 38.1. The number of aliphatic hydroxyl groups excluding tert-OH is 4. The van der Waals surface area contributed by atoms with Crippen LogP contribution >= 0.6 is 0 Å². The van der Waals surface area contributed by atoms with Crippen molar-refractivity contribution in [3.8, 4) is 12.3 Å². The van der Waals surface area contributed by atoms with E-state index in [9.17, 15) is 15.3 Å². The Balaban J connectivity index is 2.67. The van der Waals surface area contributed by atoms with Gasteiger partial charge in [0.1, 0.15) is 24.4 Å². The Morgan fingerprint density at radius 2 is 1.94 bits per heavy atom. The van der Waals surface area contributed by atoms with Crippen LogP contribution in [-0.2, 0) is 14.2 Å². The third-order valence-electron chi connectivity index (χ3n) is 2.56. The first-order valence-corrected chi connectivity index (χ1v) is 5.58. The van der Waals surface area contributed by atoms with Gasteiger partial charge in [0.25, 0.3) is 0 Å². The predicted molar refractivity (Wildman–Crippen MR) is 59.1 cm³/mol. The number of hydrogen-bond acceptors (Lipinski definition) is 7. The Hall–Kier alpha value is -0.720. The summed E-state index contributed by atoms with van der Waals surface area (Å²) in [6.07, 6.45) is -2.63. The van der Waals surface area contributed by atoms with Crippen LogP contribution < -0.4 is 0 Å². The van der Waals surface area contributed by atoms with E-state index in [1.54, 1.807) is 6.92 Å². The zero-order chi connectivity index (χ0) is 13.7. The lowest BCUT2D eigenvalue weighted by Crippen LogP contribution is -2.59. The molecule has 18 heavy (non-hydrogen) atoms. The van der Waals surface area contributed by atoms with E-state index in [1.165, 1.54) is 0 Å². The minimum Gasteiger partial charge on any atom is -0.394 e. The van der Waals surface area contributed by atoms with Crippen molar-refractivity contribution in [1.29, 1.82) is 0 Å². The quantitative estimate of drug-likeness (QED) is 0.329. The molecule has 1 fully saturated rings. The summed E-state index contributed by atoms with van der Waals surface area (Å²) >= 11 is 0. The fourth-order valence-electron chi connectivity index (χ4n) is 1.58. The average Bonchev–Trinajstić information content (AvgIpc) is 2.38. The van der Waals surface area contributed by atoms with Crippen LogP contribution in [0, 0.1) is 12.3 Å². The first kappa shape index (κ1) is 15.3. The van der Waals surface area contributed by atoms with Gasteiger partial charge in [-0.25, -0.2) is 0 Å². The number of aliphatic hydroxyl groups is 4. The van der Waals surface area contributed by atoms with Gasteiger partial charge in [0.05, 0.1) is 6.61 Å². The van der Waals surface area contributed by atoms with Crippen LogP contribution in [0.2, 0.25) is 0 Å². The molecule has 4 N–H and O–H groups in total. The van der Waals surface area contributed by atoms with Gasteiger partial charge < -0.3 is 34.6 Å². The van der Waals surface area contributed by atoms with Crippen molar-refractivity contribution in [3.05, 3.63) is 0 Å². The second kappa shape index (κ2) is 7.01. The lowest BCUT2D eigenvalue weighted by atomic mass is 9.99. The Kier molecular flexibility index (Phi) is 5.98. The molecule has 6 atom stereocenters. The van der Waals surface area contributed by atoms with Crippen LogP contribution in [0.5, 0.6) is 0 Å². The molecular weight excluding hydrogens is 244 g/mol. The number of hydrogen-bond donors (Lipinski definition) is 4. The highest BCUT2D eigenvalue weighted by Crippen LogP contribution is 2.22. The predicted octanol–water partition coefficient (Wildman–Crippen LogP) is -2.20. The molecule has 0 saturated carbocycles. The summed E-state index contributed by atoms with van der Waals surface area (Å²) in [5.74, 6) is 2.19. The van der Waals surface area contributed by atoms with Crippen molar-refractivity contribution in [2.45, 2.75) is 43.9 Å². The van der Waals surface area contributed by atoms with Crippen LogP contribution in [0.15, 0.2) is 0 Å². The van der Waals surface area contributed by atoms with Crippen LogP contribution in [0.1, 0.15) is 6.92 Å². The Morgan fingerprint density at radius 1 is 1.28 bits per heavy atom. The van der Waals surface area contributed by atoms with Crippen LogP contribution in [0.25, 0.3) is 0 Å². The summed E-state index contributed by atoms with van der Waals surface area (Å²) < 4.78 is 15.2. The van der Waals surface area contributed by atoms with Crippen molar-refractivity contribution >= 4 is 0 Å². The third-order valence-corrected chi connectivity index (χ3v) is 2.56. The highest BCUT2D eigenvalue weighted by Gasteiger charge is 2.44. The first-order chi connectivity index (χ1) is 8.54. The molecule has 1 aliphatic heterocycles. The van der Waals surface area contributed by atoms with E-state index in [2.05, 4.69) is 5.92 Å². The number of ether oxygens (including phenoxy) is 3. The summed E-state index contributed by atoms with van der Waals surface area (Å²) in [5, 5.41) is 37.7. The molecule has 7 nitrogen and oxygen atoms in total. The summed E-state index contributed by atoms with van der Waals surface area (Å²) in [4.78, 5) is 0. The molecule has 104 valence electrons. The van der Waals surface area contributed by atoms with Crippen molar-refractivity contribution in [3.63, 3.8) is 0 Å². The molecule has 0 aromatic rings. The van der Waals surface area contributed by atoms with E-state index in [0.717, 1.165) is 0 Å². The van der Waals surface area contributed by atoms with Crippen LogP contribution in [0.4, 0.5) is 0 Å². The van der Waals surface area contributed by atoms with Gasteiger partial charge in [-0.2, -0.15) is 0 Å². The molecule has 0 amide bonds. The molecule has 0 aromatic carbocycles. The standard InChI is InChI=1S/C11H18O7/c1-3-7(16-4-2)18-11-10(15)9(14)8(13)6(5-12)17-11/h1,6-15H,4-5H2,2H3/t6-,7+,8-,9+,10-,11+/m1/s1. The average molecular weight is 262 g/mol. The maximum absolute atomic E-state index is 9.67. The zero-order valence-electron chi connectivity index (χ0n) is 9.97. The van der Waals surface area contributed by atoms with Gasteiger partial charge in [0.15, 0.2) is 6.29 Å². The first-order valence-electron chi connectivity index (χ1n) is 5.58. The monoisotopic (exact) mass is 262 g/mol. The Morgan fingerprint density at radius 3 is 2.44 bits per heavy atom. The Labute approximate surface area is 105 Å². The van der Waals surface area contributed by atoms with E-state index >= 15 is 0 Å². The lowest BCUT2D eigenvalue weighted by molar-refractivity contribution is -0.327. The summed E-state index contributed by atoms with van der Waals surface area (Å²) in [6.45, 7) is 1.48. The number of terminal acetylenes is 1. The number of rotatable bonds is 5. The van der Waals surface area contributed by atoms with Gasteiger partial charge in [-0.15, -0.1) is 6.42 Å². The molecule has 0 bridgehead atoms. The smallest absolute Gasteiger partial charge is 0.224 e.